The lowest BCUT2D eigenvalue weighted by atomic mass is 9.99. The van der Waals surface area contributed by atoms with Crippen LogP contribution in [-0.4, -0.2) is 44.0 Å². The van der Waals surface area contributed by atoms with E-state index in [1.807, 2.05) is 36.1 Å². The van der Waals surface area contributed by atoms with Gasteiger partial charge in [-0.15, -0.1) is 5.10 Å². The number of carbonyl (C=O) groups excluding carboxylic acids is 1. The van der Waals surface area contributed by atoms with Gasteiger partial charge < -0.3 is 10.2 Å². The molecule has 0 saturated carbocycles. The van der Waals surface area contributed by atoms with E-state index < -0.39 is 0 Å². The second-order valence-corrected chi connectivity index (χ2v) is 6.42. The smallest absolute Gasteiger partial charge is 0.231 e. The van der Waals surface area contributed by atoms with Crippen LogP contribution in [0, 0.1) is 5.92 Å². The maximum atomic E-state index is 12.4. The van der Waals surface area contributed by atoms with Gasteiger partial charge in [0, 0.05) is 25.3 Å². The lowest BCUT2D eigenvalue weighted by molar-refractivity contribution is -0.120. The summed E-state index contributed by atoms with van der Waals surface area (Å²) in [5.41, 5.74) is 3.50. The molecule has 2 aromatic heterocycles. The lowest BCUT2D eigenvalue weighted by Crippen LogP contribution is -2.52. The van der Waals surface area contributed by atoms with E-state index in [9.17, 15) is 4.79 Å². The third kappa shape index (κ3) is 2.87. The first-order valence-corrected chi connectivity index (χ1v) is 8.88. The molecule has 3 heterocycles. The second kappa shape index (κ2) is 6.70. The first-order valence-electron chi connectivity index (χ1n) is 8.88. The highest BCUT2D eigenvalue weighted by Gasteiger charge is 2.35. The van der Waals surface area contributed by atoms with Gasteiger partial charge in [-0.25, -0.2) is 14.6 Å². The number of nitrogens with zero attached hydrogens (tertiary/aromatic N) is 6. The SMILES string of the molecule is CCc1ccc(NC(=O)C2CN(c3ncnc4c3nnn4CC)C2)cc1. The van der Waals surface area contributed by atoms with E-state index >= 15 is 0 Å². The zero-order valence-corrected chi connectivity index (χ0v) is 14.9. The Morgan fingerprint density at radius 3 is 2.65 bits per heavy atom. The molecule has 0 bridgehead atoms. The Hall–Kier alpha value is -3.03. The number of hydrogen-bond acceptors (Lipinski definition) is 6. The van der Waals surface area contributed by atoms with Crippen LogP contribution in [0.15, 0.2) is 30.6 Å². The molecule has 1 aromatic carbocycles. The highest BCUT2D eigenvalue weighted by atomic mass is 16.2. The first kappa shape index (κ1) is 16.4. The molecule has 1 fully saturated rings. The minimum absolute atomic E-state index is 0.0352. The van der Waals surface area contributed by atoms with Crippen LogP contribution in [0.2, 0.25) is 0 Å². The van der Waals surface area contributed by atoms with Crippen LogP contribution in [-0.2, 0) is 17.8 Å². The zero-order valence-electron chi connectivity index (χ0n) is 14.9. The standard InChI is InChI=1S/C18H21N7O/c1-3-12-5-7-14(8-6-12)21-18(26)13-9-24(10-13)16-15-17(20-11-19-16)25(4-2)23-22-15/h5-8,11,13H,3-4,9-10H2,1-2H3,(H,21,26). The second-order valence-electron chi connectivity index (χ2n) is 6.42. The van der Waals surface area contributed by atoms with E-state index in [0.29, 0.717) is 25.2 Å². The lowest BCUT2D eigenvalue weighted by Gasteiger charge is -2.38. The maximum Gasteiger partial charge on any atom is 0.231 e. The third-order valence-electron chi connectivity index (χ3n) is 4.76. The molecule has 4 rings (SSSR count). The van der Waals surface area contributed by atoms with Gasteiger partial charge in [-0.2, -0.15) is 0 Å². The summed E-state index contributed by atoms with van der Waals surface area (Å²) in [7, 11) is 0. The van der Waals surface area contributed by atoms with E-state index in [1.54, 1.807) is 4.68 Å². The summed E-state index contributed by atoms with van der Waals surface area (Å²) < 4.78 is 1.74. The predicted molar refractivity (Wildman–Crippen MR) is 98.9 cm³/mol. The van der Waals surface area contributed by atoms with Gasteiger partial charge in [0.15, 0.2) is 17.0 Å². The van der Waals surface area contributed by atoms with Crippen LogP contribution < -0.4 is 10.2 Å². The molecule has 0 spiro atoms. The molecule has 0 radical (unpaired) electrons. The van der Waals surface area contributed by atoms with Crippen molar-refractivity contribution >= 4 is 28.6 Å². The largest absolute Gasteiger partial charge is 0.353 e. The average molecular weight is 351 g/mol. The van der Waals surface area contributed by atoms with Crippen LogP contribution in [0.5, 0.6) is 0 Å². The normalized spacial score (nSPS) is 14.5. The summed E-state index contributed by atoms with van der Waals surface area (Å²) in [6.07, 6.45) is 2.51. The minimum atomic E-state index is -0.0629. The summed E-state index contributed by atoms with van der Waals surface area (Å²) in [6.45, 7) is 6.04. The van der Waals surface area contributed by atoms with E-state index in [2.05, 4.69) is 32.5 Å². The number of carbonyl (C=O) groups is 1. The van der Waals surface area contributed by atoms with Gasteiger partial charge in [-0.05, 0) is 31.0 Å². The summed E-state index contributed by atoms with van der Waals surface area (Å²) in [6, 6.07) is 7.98. The molecule has 0 unspecified atom stereocenters. The zero-order chi connectivity index (χ0) is 18.1. The van der Waals surface area contributed by atoms with Crippen molar-refractivity contribution in [1.29, 1.82) is 0 Å². The topological polar surface area (TPSA) is 88.8 Å². The van der Waals surface area contributed by atoms with Crippen molar-refractivity contribution in [1.82, 2.24) is 25.0 Å². The van der Waals surface area contributed by atoms with Crippen molar-refractivity contribution < 1.29 is 4.79 Å². The van der Waals surface area contributed by atoms with Crippen molar-refractivity contribution in [2.75, 3.05) is 23.3 Å². The molecule has 1 saturated heterocycles. The number of anilines is 2. The van der Waals surface area contributed by atoms with Gasteiger partial charge in [0.2, 0.25) is 5.91 Å². The van der Waals surface area contributed by atoms with E-state index in [0.717, 1.165) is 23.6 Å². The van der Waals surface area contributed by atoms with Crippen molar-refractivity contribution in [3.63, 3.8) is 0 Å². The molecule has 134 valence electrons. The Balaban J connectivity index is 1.42. The number of benzene rings is 1. The fraction of sp³-hybridized carbons (Fsp3) is 0.389. The molecule has 1 amide bonds. The van der Waals surface area contributed by atoms with Gasteiger partial charge in [0.05, 0.1) is 5.92 Å². The highest BCUT2D eigenvalue weighted by Crippen LogP contribution is 2.28. The third-order valence-corrected chi connectivity index (χ3v) is 4.76. The molecule has 0 atom stereocenters. The van der Waals surface area contributed by atoms with Crippen LogP contribution in [0.1, 0.15) is 19.4 Å². The van der Waals surface area contributed by atoms with Crippen molar-refractivity contribution in [2.24, 2.45) is 5.92 Å². The molecule has 1 N–H and O–H groups in total. The molecule has 0 aliphatic carbocycles. The Morgan fingerprint density at radius 1 is 1.19 bits per heavy atom. The molecule has 3 aromatic rings. The molecule has 1 aliphatic heterocycles. The molecule has 1 aliphatic rings. The summed E-state index contributed by atoms with van der Waals surface area (Å²) >= 11 is 0. The summed E-state index contributed by atoms with van der Waals surface area (Å²) in [4.78, 5) is 23.1. The predicted octanol–water partition coefficient (Wildman–Crippen LogP) is 1.88. The van der Waals surface area contributed by atoms with E-state index in [1.165, 1.54) is 11.9 Å². The van der Waals surface area contributed by atoms with Crippen LogP contribution in [0.25, 0.3) is 11.2 Å². The van der Waals surface area contributed by atoms with Gasteiger partial charge in [0.1, 0.15) is 6.33 Å². The van der Waals surface area contributed by atoms with Gasteiger partial charge >= 0.3 is 0 Å². The number of aryl methyl sites for hydroxylation is 2. The van der Waals surface area contributed by atoms with Crippen LogP contribution >= 0.6 is 0 Å². The van der Waals surface area contributed by atoms with Crippen molar-refractivity contribution in [3.8, 4) is 0 Å². The fourth-order valence-corrected chi connectivity index (χ4v) is 3.11. The molecule has 8 nitrogen and oxygen atoms in total. The number of aromatic nitrogens is 5. The summed E-state index contributed by atoms with van der Waals surface area (Å²) in [5.74, 6) is 0.714. The van der Waals surface area contributed by atoms with Crippen LogP contribution in [0.4, 0.5) is 11.5 Å². The van der Waals surface area contributed by atoms with Crippen LogP contribution in [0.3, 0.4) is 0 Å². The average Bonchev–Trinajstić information content (AvgIpc) is 3.05. The summed E-state index contributed by atoms with van der Waals surface area (Å²) in [5, 5.41) is 11.3. The van der Waals surface area contributed by atoms with Gasteiger partial charge in [-0.3, -0.25) is 4.79 Å². The maximum absolute atomic E-state index is 12.4. The molecular weight excluding hydrogens is 330 g/mol. The fourth-order valence-electron chi connectivity index (χ4n) is 3.11. The van der Waals surface area contributed by atoms with E-state index in [-0.39, 0.29) is 11.8 Å². The van der Waals surface area contributed by atoms with Crippen molar-refractivity contribution in [2.45, 2.75) is 26.8 Å². The number of nitrogens with one attached hydrogen (secondary N) is 1. The van der Waals surface area contributed by atoms with Gasteiger partial charge in [0.25, 0.3) is 0 Å². The number of hydrogen-bond donors (Lipinski definition) is 1. The van der Waals surface area contributed by atoms with E-state index in [4.69, 9.17) is 0 Å². The number of fused-ring (bicyclic) bond motifs is 1. The Morgan fingerprint density at radius 2 is 1.96 bits per heavy atom. The highest BCUT2D eigenvalue weighted by molar-refractivity contribution is 5.95. The number of rotatable bonds is 5. The monoisotopic (exact) mass is 351 g/mol. The Labute approximate surface area is 151 Å². The molecular formula is C18H21N7O. The minimum Gasteiger partial charge on any atom is -0.353 e. The van der Waals surface area contributed by atoms with Crippen molar-refractivity contribution in [3.05, 3.63) is 36.2 Å². The molecule has 8 heteroatoms. The number of amides is 1. The quantitative estimate of drug-likeness (QED) is 0.755. The molecule has 26 heavy (non-hydrogen) atoms. The Kier molecular flexibility index (Phi) is 4.24. The van der Waals surface area contributed by atoms with Gasteiger partial charge in [-0.1, -0.05) is 24.3 Å². The first-order chi connectivity index (χ1) is 12.7. The Bertz CT molecular complexity index is 928.